The van der Waals surface area contributed by atoms with E-state index in [1.54, 1.807) is 0 Å². The molecule has 1 aromatic carbocycles. The number of hydrogen-bond acceptors (Lipinski definition) is 3. The predicted octanol–water partition coefficient (Wildman–Crippen LogP) is 2.43. The number of unbranched alkanes of at least 4 members (excludes halogenated alkanes) is 2. The quantitative estimate of drug-likeness (QED) is 0.697. The van der Waals surface area contributed by atoms with Crippen LogP contribution >= 0.6 is 0 Å². The van der Waals surface area contributed by atoms with Gasteiger partial charge in [-0.2, -0.15) is 0 Å². The number of anilines is 1. The molecule has 0 radical (unpaired) electrons. The SMILES string of the molecule is CCCCCNC(=O)CCN(c1ccc(F)c(F)c1)S(C)(=O)=O. The maximum absolute atomic E-state index is 13.3. The van der Waals surface area contributed by atoms with E-state index in [1.807, 2.05) is 6.92 Å². The van der Waals surface area contributed by atoms with Crippen LogP contribution in [-0.2, 0) is 14.8 Å². The highest BCUT2D eigenvalue weighted by molar-refractivity contribution is 7.92. The summed E-state index contributed by atoms with van der Waals surface area (Å²) in [5.41, 5.74) is -0.00909. The normalized spacial score (nSPS) is 11.3. The van der Waals surface area contributed by atoms with E-state index in [4.69, 9.17) is 0 Å². The Morgan fingerprint density at radius 3 is 2.48 bits per heavy atom. The van der Waals surface area contributed by atoms with Crippen LogP contribution in [0, 0.1) is 11.6 Å². The Labute approximate surface area is 135 Å². The van der Waals surface area contributed by atoms with Gasteiger partial charge in [-0.05, 0) is 18.6 Å². The summed E-state index contributed by atoms with van der Waals surface area (Å²) >= 11 is 0. The van der Waals surface area contributed by atoms with Crippen LogP contribution in [0.4, 0.5) is 14.5 Å². The number of carbonyl (C=O) groups excluding carboxylic acids is 1. The second-order valence-electron chi connectivity index (χ2n) is 5.24. The van der Waals surface area contributed by atoms with Gasteiger partial charge >= 0.3 is 0 Å². The number of nitrogens with one attached hydrogen (secondary N) is 1. The number of carbonyl (C=O) groups is 1. The molecule has 8 heteroatoms. The molecule has 0 bridgehead atoms. The first kappa shape index (κ1) is 19.3. The van der Waals surface area contributed by atoms with E-state index >= 15 is 0 Å². The van der Waals surface area contributed by atoms with Crippen molar-refractivity contribution in [1.29, 1.82) is 0 Å². The van der Waals surface area contributed by atoms with E-state index < -0.39 is 21.7 Å². The Balaban J connectivity index is 2.70. The van der Waals surface area contributed by atoms with Gasteiger partial charge in [-0.3, -0.25) is 9.10 Å². The zero-order valence-electron chi connectivity index (χ0n) is 13.3. The molecular formula is C15H22F2N2O3S. The summed E-state index contributed by atoms with van der Waals surface area (Å²) in [6, 6.07) is 2.82. The second-order valence-corrected chi connectivity index (χ2v) is 7.15. The van der Waals surface area contributed by atoms with Crippen molar-refractivity contribution < 1.29 is 22.0 Å². The Bertz CT molecular complexity index is 636. The molecule has 0 aliphatic carbocycles. The van der Waals surface area contributed by atoms with Gasteiger partial charge in [-0.25, -0.2) is 17.2 Å². The lowest BCUT2D eigenvalue weighted by Gasteiger charge is -2.22. The van der Waals surface area contributed by atoms with Gasteiger partial charge in [0.2, 0.25) is 15.9 Å². The predicted molar refractivity (Wildman–Crippen MR) is 85.7 cm³/mol. The molecule has 5 nitrogen and oxygen atoms in total. The lowest BCUT2D eigenvalue weighted by molar-refractivity contribution is -0.120. The highest BCUT2D eigenvalue weighted by Crippen LogP contribution is 2.20. The number of amides is 1. The van der Waals surface area contributed by atoms with Gasteiger partial charge < -0.3 is 5.32 Å². The first-order valence-electron chi connectivity index (χ1n) is 7.45. The molecule has 0 unspecified atom stereocenters. The molecule has 0 spiro atoms. The lowest BCUT2D eigenvalue weighted by Crippen LogP contribution is -2.35. The minimum atomic E-state index is -3.71. The number of benzene rings is 1. The van der Waals surface area contributed by atoms with Crippen molar-refractivity contribution in [3.8, 4) is 0 Å². The van der Waals surface area contributed by atoms with Crippen molar-refractivity contribution in [2.45, 2.75) is 32.6 Å². The van der Waals surface area contributed by atoms with Gasteiger partial charge in [0, 0.05) is 25.6 Å². The van der Waals surface area contributed by atoms with Crippen molar-refractivity contribution in [3.05, 3.63) is 29.8 Å². The van der Waals surface area contributed by atoms with Crippen LogP contribution < -0.4 is 9.62 Å². The summed E-state index contributed by atoms with van der Waals surface area (Å²) in [6.45, 7) is 2.45. The summed E-state index contributed by atoms with van der Waals surface area (Å²) in [4.78, 5) is 11.7. The number of hydrogen-bond donors (Lipinski definition) is 1. The maximum atomic E-state index is 13.3. The summed E-state index contributed by atoms with van der Waals surface area (Å²) < 4.78 is 50.8. The van der Waals surface area contributed by atoms with E-state index in [9.17, 15) is 22.0 Å². The van der Waals surface area contributed by atoms with E-state index in [0.717, 1.165) is 42.0 Å². The number of halogens is 2. The fraction of sp³-hybridized carbons (Fsp3) is 0.533. The summed E-state index contributed by atoms with van der Waals surface area (Å²) in [5.74, 6) is -2.48. The molecule has 1 aromatic rings. The molecule has 0 saturated carbocycles. The van der Waals surface area contributed by atoms with E-state index in [2.05, 4.69) is 5.32 Å². The highest BCUT2D eigenvalue weighted by Gasteiger charge is 2.19. The van der Waals surface area contributed by atoms with E-state index in [1.165, 1.54) is 6.07 Å². The average molecular weight is 348 g/mol. The first-order valence-corrected chi connectivity index (χ1v) is 9.30. The van der Waals surface area contributed by atoms with Crippen molar-refractivity contribution in [2.75, 3.05) is 23.7 Å². The van der Waals surface area contributed by atoms with Crippen LogP contribution in [0.25, 0.3) is 0 Å². The van der Waals surface area contributed by atoms with E-state index in [-0.39, 0.29) is 24.6 Å². The fourth-order valence-electron chi connectivity index (χ4n) is 2.02. The number of sulfonamides is 1. The third kappa shape index (κ3) is 6.52. The molecule has 1 N–H and O–H groups in total. The van der Waals surface area contributed by atoms with Gasteiger partial charge in [-0.1, -0.05) is 19.8 Å². The Morgan fingerprint density at radius 2 is 1.91 bits per heavy atom. The Morgan fingerprint density at radius 1 is 1.22 bits per heavy atom. The van der Waals surface area contributed by atoms with Crippen LogP contribution in [0.2, 0.25) is 0 Å². The van der Waals surface area contributed by atoms with Crippen molar-refractivity contribution in [1.82, 2.24) is 5.32 Å². The molecule has 0 heterocycles. The lowest BCUT2D eigenvalue weighted by atomic mass is 10.2. The van der Waals surface area contributed by atoms with Crippen molar-refractivity contribution in [2.24, 2.45) is 0 Å². The molecule has 0 aromatic heterocycles. The number of rotatable bonds is 9. The zero-order valence-corrected chi connectivity index (χ0v) is 14.1. The molecule has 1 rings (SSSR count). The van der Waals surface area contributed by atoms with E-state index in [0.29, 0.717) is 6.54 Å². The molecule has 0 saturated heterocycles. The van der Waals surface area contributed by atoms with Crippen molar-refractivity contribution >= 4 is 21.6 Å². The summed E-state index contributed by atoms with van der Waals surface area (Å²) in [5, 5.41) is 2.70. The van der Waals surface area contributed by atoms with Crippen LogP contribution in [0.5, 0.6) is 0 Å². The van der Waals surface area contributed by atoms with Gasteiger partial charge in [0.15, 0.2) is 11.6 Å². The van der Waals surface area contributed by atoms with Gasteiger partial charge in [0.25, 0.3) is 0 Å². The smallest absolute Gasteiger partial charge is 0.232 e. The van der Waals surface area contributed by atoms with Crippen molar-refractivity contribution in [3.63, 3.8) is 0 Å². The Kier molecular flexibility index (Phi) is 7.41. The van der Waals surface area contributed by atoms with Crippen LogP contribution in [0.15, 0.2) is 18.2 Å². The highest BCUT2D eigenvalue weighted by atomic mass is 32.2. The average Bonchev–Trinajstić information content (AvgIpc) is 2.46. The molecule has 1 amide bonds. The topological polar surface area (TPSA) is 66.5 Å². The maximum Gasteiger partial charge on any atom is 0.232 e. The molecule has 0 atom stereocenters. The van der Waals surface area contributed by atoms with Crippen LogP contribution in [0.1, 0.15) is 32.6 Å². The number of nitrogens with zero attached hydrogens (tertiary/aromatic N) is 1. The van der Waals surface area contributed by atoms with Crippen LogP contribution in [0.3, 0.4) is 0 Å². The Hall–Kier alpha value is -1.70. The molecule has 0 aliphatic heterocycles. The molecular weight excluding hydrogens is 326 g/mol. The third-order valence-corrected chi connectivity index (χ3v) is 4.43. The largest absolute Gasteiger partial charge is 0.356 e. The minimum absolute atomic E-state index is 0.00909. The second kappa shape index (κ2) is 8.81. The minimum Gasteiger partial charge on any atom is -0.356 e. The van der Waals surface area contributed by atoms with Gasteiger partial charge in [-0.15, -0.1) is 0 Å². The molecule has 0 fully saturated rings. The van der Waals surface area contributed by atoms with Gasteiger partial charge in [0.1, 0.15) is 0 Å². The van der Waals surface area contributed by atoms with Crippen LogP contribution in [-0.4, -0.2) is 33.7 Å². The zero-order chi connectivity index (χ0) is 17.5. The molecule has 130 valence electrons. The standard InChI is InChI=1S/C15H22F2N2O3S/c1-3-4-5-9-18-15(20)8-10-19(23(2,21)22)12-6-7-13(16)14(17)11-12/h6-7,11H,3-5,8-10H2,1-2H3,(H,18,20). The monoisotopic (exact) mass is 348 g/mol. The molecule has 0 aliphatic rings. The first-order chi connectivity index (χ1) is 10.8. The van der Waals surface area contributed by atoms with Gasteiger partial charge in [0.05, 0.1) is 11.9 Å². The summed E-state index contributed by atoms with van der Waals surface area (Å²) in [6.07, 6.45) is 3.80. The fourth-order valence-corrected chi connectivity index (χ4v) is 2.94. The third-order valence-electron chi connectivity index (χ3n) is 3.24. The summed E-state index contributed by atoms with van der Waals surface area (Å²) in [7, 11) is -3.71. The molecule has 23 heavy (non-hydrogen) atoms.